The minimum absolute atomic E-state index is 0. The molecule has 1 amide bonds. The molecule has 1 unspecified atom stereocenters. The topological polar surface area (TPSA) is 41.1 Å². The molecule has 4 heteroatoms. The number of para-hydroxylation sites is 1. The number of amides is 1. The Morgan fingerprint density at radius 3 is 2.17 bits per heavy atom. The van der Waals surface area contributed by atoms with Crippen LogP contribution in [0, 0.1) is 11.3 Å². The zero-order chi connectivity index (χ0) is 16.6. The van der Waals surface area contributed by atoms with Gasteiger partial charge in [0.25, 0.3) is 0 Å². The summed E-state index contributed by atoms with van der Waals surface area (Å²) in [6.45, 7) is 10.9. The minimum Gasteiger partial charge on any atom is -0.325 e. The van der Waals surface area contributed by atoms with Crippen molar-refractivity contribution < 1.29 is 4.79 Å². The van der Waals surface area contributed by atoms with Gasteiger partial charge >= 0.3 is 0 Å². The molecule has 0 aromatic heterocycles. The summed E-state index contributed by atoms with van der Waals surface area (Å²) in [6.07, 6.45) is 3.36. The molecule has 1 saturated carbocycles. The van der Waals surface area contributed by atoms with E-state index in [0.717, 1.165) is 38.0 Å². The van der Waals surface area contributed by atoms with E-state index in [1.807, 2.05) is 0 Å². The van der Waals surface area contributed by atoms with Gasteiger partial charge in [-0.15, -0.1) is 12.4 Å². The molecular weight excluding hydrogens is 320 g/mol. The van der Waals surface area contributed by atoms with Crippen LogP contribution in [0.1, 0.15) is 69.9 Å². The summed E-state index contributed by atoms with van der Waals surface area (Å²) < 4.78 is 0. The van der Waals surface area contributed by atoms with E-state index in [0.29, 0.717) is 17.3 Å². The average molecular weight is 351 g/mol. The maximum absolute atomic E-state index is 12.9. The lowest BCUT2D eigenvalue weighted by molar-refractivity contribution is -0.118. The number of piperidine rings is 1. The molecule has 1 aromatic carbocycles. The number of anilines is 1. The van der Waals surface area contributed by atoms with E-state index < -0.39 is 0 Å². The van der Waals surface area contributed by atoms with Gasteiger partial charge in [-0.2, -0.15) is 0 Å². The molecular formula is C20H31ClN2O. The number of hydrogen-bond acceptors (Lipinski definition) is 2. The van der Waals surface area contributed by atoms with Crippen molar-refractivity contribution in [3.8, 4) is 0 Å². The molecule has 3 nitrogen and oxygen atoms in total. The SMILES string of the molecule is CC(C)c1cccc(C(C)C)c1NC(=O)C1CC12CCNCC2.Cl. The van der Waals surface area contributed by atoms with Crippen molar-refractivity contribution in [2.75, 3.05) is 18.4 Å². The highest BCUT2D eigenvalue weighted by Crippen LogP contribution is 2.59. The van der Waals surface area contributed by atoms with Gasteiger partial charge in [0.05, 0.1) is 0 Å². The third kappa shape index (κ3) is 3.62. The van der Waals surface area contributed by atoms with Crippen LogP contribution in [-0.4, -0.2) is 19.0 Å². The van der Waals surface area contributed by atoms with Crippen molar-refractivity contribution in [1.82, 2.24) is 5.32 Å². The summed E-state index contributed by atoms with van der Waals surface area (Å²) in [6, 6.07) is 6.42. The molecule has 1 atom stereocenters. The van der Waals surface area contributed by atoms with Crippen LogP contribution >= 0.6 is 12.4 Å². The summed E-state index contributed by atoms with van der Waals surface area (Å²) >= 11 is 0. The highest BCUT2D eigenvalue weighted by molar-refractivity contribution is 5.96. The molecule has 1 aliphatic heterocycles. The standard InChI is InChI=1S/C20H30N2O.ClH/c1-13(2)15-6-5-7-16(14(3)4)18(15)22-19(23)17-12-20(17)8-10-21-11-9-20;/h5-7,13-14,17,21H,8-12H2,1-4H3,(H,22,23);1H. The summed E-state index contributed by atoms with van der Waals surface area (Å²) in [5.74, 6) is 1.28. The maximum Gasteiger partial charge on any atom is 0.228 e. The molecule has 2 N–H and O–H groups in total. The summed E-state index contributed by atoms with van der Waals surface area (Å²) in [4.78, 5) is 12.9. The Labute approximate surface area is 152 Å². The number of benzene rings is 1. The van der Waals surface area contributed by atoms with Crippen molar-refractivity contribution in [1.29, 1.82) is 0 Å². The van der Waals surface area contributed by atoms with E-state index in [4.69, 9.17) is 0 Å². The van der Waals surface area contributed by atoms with E-state index >= 15 is 0 Å². The van der Waals surface area contributed by atoms with Crippen LogP contribution < -0.4 is 10.6 Å². The third-order valence-corrected chi connectivity index (χ3v) is 5.73. The highest BCUT2D eigenvalue weighted by Gasteiger charge is 2.57. The number of carbonyl (C=O) groups excluding carboxylic acids is 1. The predicted octanol–water partition coefficient (Wildman–Crippen LogP) is 4.68. The summed E-state index contributed by atoms with van der Waals surface area (Å²) in [5, 5.41) is 6.72. The van der Waals surface area contributed by atoms with Crippen LogP contribution in [0.25, 0.3) is 0 Å². The van der Waals surface area contributed by atoms with Crippen molar-refractivity contribution in [3.63, 3.8) is 0 Å². The molecule has 1 aromatic rings. The molecule has 1 spiro atoms. The van der Waals surface area contributed by atoms with Crippen molar-refractivity contribution in [3.05, 3.63) is 29.3 Å². The predicted molar refractivity (Wildman–Crippen MR) is 103 cm³/mol. The number of nitrogens with one attached hydrogen (secondary N) is 2. The van der Waals surface area contributed by atoms with Crippen LogP contribution in [0.15, 0.2) is 18.2 Å². The first-order chi connectivity index (χ1) is 10.9. The Morgan fingerprint density at radius 1 is 1.12 bits per heavy atom. The van der Waals surface area contributed by atoms with Gasteiger partial charge < -0.3 is 10.6 Å². The van der Waals surface area contributed by atoms with Crippen molar-refractivity contribution >= 4 is 24.0 Å². The quantitative estimate of drug-likeness (QED) is 0.827. The van der Waals surface area contributed by atoms with Crippen LogP contribution in [0.2, 0.25) is 0 Å². The zero-order valence-electron chi connectivity index (χ0n) is 15.3. The first-order valence-electron chi connectivity index (χ1n) is 9.09. The van der Waals surface area contributed by atoms with Gasteiger partial charge in [0.1, 0.15) is 0 Å². The summed E-state index contributed by atoms with van der Waals surface area (Å²) in [7, 11) is 0. The van der Waals surface area contributed by atoms with Gasteiger partial charge in [0, 0.05) is 11.6 Å². The van der Waals surface area contributed by atoms with Gasteiger partial charge in [-0.05, 0) is 60.7 Å². The molecule has 0 bridgehead atoms. The highest BCUT2D eigenvalue weighted by atomic mass is 35.5. The fraction of sp³-hybridized carbons (Fsp3) is 0.650. The second-order valence-electron chi connectivity index (χ2n) is 7.98. The third-order valence-electron chi connectivity index (χ3n) is 5.73. The van der Waals surface area contributed by atoms with Crippen LogP contribution in [0.5, 0.6) is 0 Å². The monoisotopic (exact) mass is 350 g/mol. The van der Waals surface area contributed by atoms with Crippen LogP contribution in [0.3, 0.4) is 0 Å². The van der Waals surface area contributed by atoms with Crippen molar-refractivity contribution in [2.45, 2.75) is 58.8 Å². The molecule has 24 heavy (non-hydrogen) atoms. The lowest BCUT2D eigenvalue weighted by atomic mass is 9.90. The van der Waals surface area contributed by atoms with E-state index in [-0.39, 0.29) is 24.2 Å². The fourth-order valence-corrected chi connectivity index (χ4v) is 4.10. The molecule has 134 valence electrons. The molecule has 3 rings (SSSR count). The Bertz CT molecular complexity index is 565. The first kappa shape index (κ1) is 19.3. The van der Waals surface area contributed by atoms with Gasteiger partial charge in [-0.25, -0.2) is 0 Å². The number of carbonyl (C=O) groups is 1. The van der Waals surface area contributed by atoms with Gasteiger partial charge in [0.15, 0.2) is 0 Å². The van der Waals surface area contributed by atoms with Gasteiger partial charge in [-0.3, -0.25) is 4.79 Å². The second-order valence-corrected chi connectivity index (χ2v) is 7.98. The lowest BCUT2D eigenvalue weighted by Gasteiger charge is -2.24. The maximum atomic E-state index is 12.9. The van der Waals surface area contributed by atoms with Gasteiger partial charge in [0.2, 0.25) is 5.91 Å². The Hall–Kier alpha value is -1.06. The van der Waals surface area contributed by atoms with E-state index in [2.05, 4.69) is 56.5 Å². The normalized spacial score (nSPS) is 21.7. The lowest BCUT2D eigenvalue weighted by Crippen LogP contribution is -2.31. The van der Waals surface area contributed by atoms with Crippen molar-refractivity contribution in [2.24, 2.45) is 11.3 Å². The Balaban J connectivity index is 0.00000208. The molecule has 2 aliphatic rings. The summed E-state index contributed by atoms with van der Waals surface area (Å²) in [5.41, 5.74) is 3.87. The fourth-order valence-electron chi connectivity index (χ4n) is 4.10. The Kier molecular flexibility index (Phi) is 5.98. The molecule has 0 radical (unpaired) electrons. The van der Waals surface area contributed by atoms with Crippen LogP contribution in [0.4, 0.5) is 5.69 Å². The van der Waals surface area contributed by atoms with Gasteiger partial charge in [-0.1, -0.05) is 45.9 Å². The number of rotatable bonds is 4. The smallest absolute Gasteiger partial charge is 0.228 e. The number of hydrogen-bond donors (Lipinski definition) is 2. The molecule has 1 aliphatic carbocycles. The average Bonchev–Trinajstić information content (AvgIpc) is 3.21. The molecule has 1 heterocycles. The van der Waals surface area contributed by atoms with E-state index in [9.17, 15) is 4.79 Å². The number of halogens is 1. The minimum atomic E-state index is 0. The zero-order valence-corrected chi connectivity index (χ0v) is 16.1. The largest absolute Gasteiger partial charge is 0.325 e. The van der Waals surface area contributed by atoms with E-state index in [1.165, 1.54) is 11.1 Å². The van der Waals surface area contributed by atoms with Crippen LogP contribution in [-0.2, 0) is 4.79 Å². The van der Waals surface area contributed by atoms with E-state index in [1.54, 1.807) is 0 Å². The first-order valence-corrected chi connectivity index (χ1v) is 9.09. The molecule has 1 saturated heterocycles. The second kappa shape index (κ2) is 7.45. The molecule has 2 fully saturated rings. The Morgan fingerprint density at radius 2 is 1.67 bits per heavy atom.